The van der Waals surface area contributed by atoms with Gasteiger partial charge in [-0.25, -0.2) is 19.4 Å². The third-order valence-corrected chi connectivity index (χ3v) is 4.36. The van der Waals surface area contributed by atoms with Crippen molar-refractivity contribution in [1.29, 1.82) is 5.26 Å². The molecule has 9 nitrogen and oxygen atoms in total. The third-order valence-electron chi connectivity index (χ3n) is 4.36. The Balaban J connectivity index is 1.90. The average Bonchev–Trinajstić information content (AvgIpc) is 2.67. The zero-order valence-corrected chi connectivity index (χ0v) is 15.1. The summed E-state index contributed by atoms with van der Waals surface area (Å²) in [7, 11) is 1.49. The van der Waals surface area contributed by atoms with E-state index < -0.39 is 17.3 Å². The fourth-order valence-electron chi connectivity index (χ4n) is 2.77. The van der Waals surface area contributed by atoms with Crippen molar-refractivity contribution in [3.8, 4) is 6.07 Å². The van der Waals surface area contributed by atoms with Gasteiger partial charge in [-0.3, -0.25) is 14.5 Å². The number of halogens is 1. The van der Waals surface area contributed by atoms with Gasteiger partial charge in [-0.05, 0) is 25.1 Å². The third kappa shape index (κ3) is 3.50. The zero-order chi connectivity index (χ0) is 20.5. The Labute approximate surface area is 159 Å². The van der Waals surface area contributed by atoms with Crippen molar-refractivity contribution in [3.05, 3.63) is 53.4 Å². The first-order valence-electron chi connectivity index (χ1n) is 8.19. The summed E-state index contributed by atoms with van der Waals surface area (Å²) in [6.45, 7) is 1.60. The standard InChI is InChI=1S/C18H16FN7O2/c1-18(6-14(27)26(2)17(21)25-18)12-5-11(3-4-13(12)19)24-16(28)15-22-8-10(7-20)9-23-15/h3-5,8-9H,6H2,1-2H3,(H2,21,25)(H,24,28). The maximum Gasteiger partial charge on any atom is 0.293 e. The number of anilines is 1. The molecular weight excluding hydrogens is 365 g/mol. The molecule has 0 fully saturated rings. The van der Waals surface area contributed by atoms with Gasteiger partial charge in [0.2, 0.25) is 11.7 Å². The fraction of sp³-hybridized carbons (Fsp3) is 0.222. The summed E-state index contributed by atoms with van der Waals surface area (Å²) in [6, 6.07) is 5.79. The number of nitriles is 1. The first-order valence-corrected chi connectivity index (χ1v) is 8.19. The van der Waals surface area contributed by atoms with Crippen LogP contribution < -0.4 is 11.1 Å². The molecule has 2 heterocycles. The quantitative estimate of drug-likeness (QED) is 0.817. The van der Waals surface area contributed by atoms with Gasteiger partial charge in [-0.15, -0.1) is 0 Å². The maximum absolute atomic E-state index is 14.5. The second kappa shape index (κ2) is 7.03. The molecule has 10 heteroatoms. The number of aliphatic imine (C=N–C) groups is 1. The molecule has 1 aromatic heterocycles. The summed E-state index contributed by atoms with van der Waals surface area (Å²) in [6.07, 6.45) is 2.37. The highest BCUT2D eigenvalue weighted by Crippen LogP contribution is 2.35. The normalized spacial score (nSPS) is 19.0. The minimum Gasteiger partial charge on any atom is -0.369 e. The highest BCUT2D eigenvalue weighted by atomic mass is 19.1. The average molecular weight is 381 g/mol. The lowest BCUT2D eigenvalue weighted by Gasteiger charge is -2.34. The lowest BCUT2D eigenvalue weighted by Crippen LogP contribution is -2.47. The van der Waals surface area contributed by atoms with Crippen molar-refractivity contribution >= 4 is 23.5 Å². The molecule has 0 saturated carbocycles. The molecule has 1 atom stereocenters. The van der Waals surface area contributed by atoms with Crippen LogP contribution in [0.25, 0.3) is 0 Å². The molecule has 2 amide bonds. The fourth-order valence-corrected chi connectivity index (χ4v) is 2.77. The summed E-state index contributed by atoms with van der Waals surface area (Å²) in [5.74, 6) is -1.67. The van der Waals surface area contributed by atoms with Crippen molar-refractivity contribution in [2.75, 3.05) is 12.4 Å². The smallest absolute Gasteiger partial charge is 0.293 e. The number of nitrogens with two attached hydrogens (primary N) is 1. The van der Waals surface area contributed by atoms with Crippen LogP contribution in [-0.4, -0.2) is 39.7 Å². The minimum absolute atomic E-state index is 0.0152. The van der Waals surface area contributed by atoms with Gasteiger partial charge in [0.15, 0.2) is 5.96 Å². The molecule has 1 unspecified atom stereocenters. The Morgan fingerprint density at radius 3 is 2.68 bits per heavy atom. The lowest BCUT2D eigenvalue weighted by molar-refractivity contribution is -0.128. The van der Waals surface area contributed by atoms with Crippen LogP contribution in [0.5, 0.6) is 0 Å². The van der Waals surface area contributed by atoms with Crippen LogP contribution in [0.4, 0.5) is 10.1 Å². The van der Waals surface area contributed by atoms with Gasteiger partial charge in [-0.1, -0.05) is 0 Å². The molecular formula is C18H16FN7O2. The van der Waals surface area contributed by atoms with E-state index in [1.165, 1.54) is 42.5 Å². The van der Waals surface area contributed by atoms with E-state index in [0.29, 0.717) is 0 Å². The van der Waals surface area contributed by atoms with Crippen LogP contribution in [0, 0.1) is 17.1 Å². The Morgan fingerprint density at radius 2 is 2.07 bits per heavy atom. The number of rotatable bonds is 3. The van der Waals surface area contributed by atoms with Crippen molar-refractivity contribution < 1.29 is 14.0 Å². The summed E-state index contributed by atoms with van der Waals surface area (Å²) in [4.78, 5) is 37.5. The predicted octanol–water partition coefficient (Wildman–Crippen LogP) is 1.13. The number of benzene rings is 1. The summed E-state index contributed by atoms with van der Waals surface area (Å²) < 4.78 is 14.5. The van der Waals surface area contributed by atoms with Gasteiger partial charge >= 0.3 is 0 Å². The van der Waals surface area contributed by atoms with E-state index in [2.05, 4.69) is 20.3 Å². The lowest BCUT2D eigenvalue weighted by atomic mass is 9.87. The van der Waals surface area contributed by atoms with Crippen molar-refractivity contribution in [2.45, 2.75) is 18.9 Å². The number of nitrogens with one attached hydrogen (secondary N) is 1. The molecule has 0 radical (unpaired) electrons. The zero-order valence-electron chi connectivity index (χ0n) is 15.1. The Hall–Kier alpha value is -3.87. The van der Waals surface area contributed by atoms with E-state index in [4.69, 9.17) is 11.0 Å². The predicted molar refractivity (Wildman–Crippen MR) is 97.5 cm³/mol. The molecule has 1 aromatic carbocycles. The number of nitrogens with zero attached hydrogens (tertiary/aromatic N) is 5. The van der Waals surface area contributed by atoms with Gasteiger partial charge in [0.25, 0.3) is 5.91 Å². The molecule has 3 N–H and O–H groups in total. The largest absolute Gasteiger partial charge is 0.369 e. The van der Waals surface area contributed by atoms with Crippen LogP contribution in [0.3, 0.4) is 0 Å². The van der Waals surface area contributed by atoms with E-state index in [1.54, 1.807) is 6.92 Å². The van der Waals surface area contributed by atoms with Crippen molar-refractivity contribution in [3.63, 3.8) is 0 Å². The second-order valence-corrected chi connectivity index (χ2v) is 6.43. The van der Waals surface area contributed by atoms with Crippen molar-refractivity contribution in [2.24, 2.45) is 10.7 Å². The van der Waals surface area contributed by atoms with Gasteiger partial charge in [0.05, 0.1) is 17.5 Å². The Kier molecular flexibility index (Phi) is 4.75. The topological polar surface area (TPSA) is 137 Å². The molecule has 0 aliphatic carbocycles. The summed E-state index contributed by atoms with van der Waals surface area (Å²) in [5, 5.41) is 11.3. The molecule has 3 rings (SSSR count). The Bertz CT molecular complexity index is 1030. The van der Waals surface area contributed by atoms with E-state index in [1.807, 2.05) is 6.07 Å². The van der Waals surface area contributed by atoms with E-state index in [0.717, 1.165) is 0 Å². The van der Waals surface area contributed by atoms with E-state index in [9.17, 15) is 14.0 Å². The van der Waals surface area contributed by atoms with Crippen LogP contribution in [0.2, 0.25) is 0 Å². The van der Waals surface area contributed by atoms with Gasteiger partial charge in [-0.2, -0.15) is 5.26 Å². The summed E-state index contributed by atoms with van der Waals surface area (Å²) >= 11 is 0. The second-order valence-electron chi connectivity index (χ2n) is 6.43. The molecule has 142 valence electrons. The Morgan fingerprint density at radius 1 is 1.39 bits per heavy atom. The number of amides is 2. The van der Waals surface area contributed by atoms with Gasteiger partial charge in [0, 0.05) is 30.7 Å². The van der Waals surface area contributed by atoms with E-state index >= 15 is 0 Å². The van der Waals surface area contributed by atoms with Gasteiger partial charge in [0.1, 0.15) is 11.9 Å². The molecule has 1 aliphatic heterocycles. The summed E-state index contributed by atoms with van der Waals surface area (Å²) in [5.41, 5.74) is 5.18. The van der Waals surface area contributed by atoms with E-state index in [-0.39, 0.29) is 40.9 Å². The van der Waals surface area contributed by atoms with Gasteiger partial charge < -0.3 is 11.1 Å². The first kappa shape index (κ1) is 18.9. The molecule has 1 aliphatic rings. The van der Waals surface area contributed by atoms with Crippen LogP contribution in [0.15, 0.2) is 35.6 Å². The number of carbonyl (C=O) groups is 2. The minimum atomic E-state index is -1.20. The number of hydrogen-bond acceptors (Lipinski definition) is 7. The SMILES string of the molecule is CN1C(=O)CC(C)(c2cc(NC(=O)c3ncc(C#N)cn3)ccc2F)N=C1N. The number of carbonyl (C=O) groups excluding carboxylic acids is 2. The monoisotopic (exact) mass is 381 g/mol. The maximum atomic E-state index is 14.5. The molecule has 2 aromatic rings. The highest BCUT2D eigenvalue weighted by Gasteiger charge is 2.38. The van der Waals surface area contributed by atoms with Crippen LogP contribution >= 0.6 is 0 Å². The first-order chi connectivity index (χ1) is 13.2. The number of guanidine groups is 1. The van der Waals surface area contributed by atoms with Crippen LogP contribution in [0.1, 0.15) is 35.1 Å². The van der Waals surface area contributed by atoms with Crippen LogP contribution in [-0.2, 0) is 10.3 Å². The molecule has 0 bridgehead atoms. The molecule has 0 spiro atoms. The number of aromatic nitrogens is 2. The molecule has 0 saturated heterocycles. The highest BCUT2D eigenvalue weighted by molar-refractivity contribution is 6.01. The molecule has 28 heavy (non-hydrogen) atoms. The van der Waals surface area contributed by atoms with Crippen molar-refractivity contribution in [1.82, 2.24) is 14.9 Å². The number of hydrogen-bond donors (Lipinski definition) is 2.